The van der Waals surface area contributed by atoms with Crippen molar-refractivity contribution in [3.05, 3.63) is 18.0 Å². The number of hydrogen-bond acceptors (Lipinski definition) is 5. The summed E-state index contributed by atoms with van der Waals surface area (Å²) in [7, 11) is 1.55. The highest BCUT2D eigenvalue weighted by Gasteiger charge is 2.32. The molecule has 7 heteroatoms. The fraction of sp³-hybridized carbons (Fsp3) is 0.714. The van der Waals surface area contributed by atoms with E-state index in [0.29, 0.717) is 32.7 Å². The van der Waals surface area contributed by atoms with Gasteiger partial charge in [0.25, 0.3) is 0 Å². The first-order valence-corrected chi connectivity index (χ1v) is 7.15. The average Bonchev–Trinajstić information content (AvgIpc) is 2.89. The number of hydrogen-bond donors (Lipinski definition) is 2. The summed E-state index contributed by atoms with van der Waals surface area (Å²) >= 11 is 0. The first-order valence-electron chi connectivity index (χ1n) is 7.15. The number of aromatic nitrogens is 2. The lowest BCUT2D eigenvalue weighted by molar-refractivity contribution is -0.136. The van der Waals surface area contributed by atoms with Gasteiger partial charge in [0.05, 0.1) is 19.3 Å². The van der Waals surface area contributed by atoms with Gasteiger partial charge in [0.2, 0.25) is 5.91 Å². The van der Waals surface area contributed by atoms with Crippen molar-refractivity contribution in [3.63, 3.8) is 0 Å². The van der Waals surface area contributed by atoms with Crippen LogP contribution in [0.5, 0.6) is 0 Å². The molecule has 0 spiro atoms. The Labute approximate surface area is 124 Å². The van der Waals surface area contributed by atoms with Gasteiger partial charge in [0.15, 0.2) is 0 Å². The van der Waals surface area contributed by atoms with Gasteiger partial charge in [0, 0.05) is 44.4 Å². The third kappa shape index (κ3) is 4.26. The van der Waals surface area contributed by atoms with Gasteiger partial charge in [-0.05, 0) is 13.0 Å². The Balaban J connectivity index is 1.72. The van der Waals surface area contributed by atoms with Gasteiger partial charge in [0.1, 0.15) is 6.10 Å². The molecular weight excluding hydrogens is 274 g/mol. The van der Waals surface area contributed by atoms with Crippen LogP contribution in [0.15, 0.2) is 12.3 Å². The summed E-state index contributed by atoms with van der Waals surface area (Å²) in [5.74, 6) is -0.198. The van der Waals surface area contributed by atoms with Crippen molar-refractivity contribution in [2.75, 3.05) is 26.9 Å². The Kier molecular flexibility index (Phi) is 5.72. The third-order valence-corrected chi connectivity index (χ3v) is 3.82. The molecule has 118 valence electrons. The van der Waals surface area contributed by atoms with Crippen molar-refractivity contribution in [2.45, 2.75) is 32.1 Å². The standard InChI is InChI=1S/C14H23N3O4/c1-10-3-5-16-17(10)6-4-13(18)15-7-11-8-21-9-12(20-2)14(11)19/h3,5,11-12,14,19H,4,6-9H2,1-2H3,(H,15,18)/t11-,12-,14+/m1/s1. The molecule has 1 aliphatic heterocycles. The van der Waals surface area contributed by atoms with Crippen LogP contribution in [-0.2, 0) is 20.8 Å². The van der Waals surface area contributed by atoms with Crippen molar-refractivity contribution in [1.29, 1.82) is 0 Å². The summed E-state index contributed by atoms with van der Waals surface area (Å²) in [5, 5.41) is 17.1. The zero-order chi connectivity index (χ0) is 15.2. The molecule has 21 heavy (non-hydrogen) atoms. The number of nitrogens with zero attached hydrogens (tertiary/aromatic N) is 2. The Morgan fingerprint density at radius 3 is 3.10 bits per heavy atom. The molecule has 0 aromatic carbocycles. The van der Waals surface area contributed by atoms with Crippen LogP contribution in [0.4, 0.5) is 0 Å². The van der Waals surface area contributed by atoms with Gasteiger partial charge in [-0.3, -0.25) is 9.48 Å². The van der Waals surface area contributed by atoms with E-state index in [-0.39, 0.29) is 17.9 Å². The molecule has 0 bridgehead atoms. The summed E-state index contributed by atoms with van der Waals surface area (Å²) in [5.41, 5.74) is 1.03. The molecule has 1 fully saturated rings. The lowest BCUT2D eigenvalue weighted by Crippen LogP contribution is -2.49. The molecule has 2 rings (SSSR count). The number of ether oxygens (including phenoxy) is 2. The number of rotatable bonds is 6. The van der Waals surface area contributed by atoms with Crippen molar-refractivity contribution in [1.82, 2.24) is 15.1 Å². The van der Waals surface area contributed by atoms with Gasteiger partial charge >= 0.3 is 0 Å². The number of methoxy groups -OCH3 is 1. The predicted molar refractivity (Wildman–Crippen MR) is 75.7 cm³/mol. The van der Waals surface area contributed by atoms with Crippen molar-refractivity contribution >= 4 is 5.91 Å². The lowest BCUT2D eigenvalue weighted by Gasteiger charge is -2.33. The van der Waals surface area contributed by atoms with Crippen molar-refractivity contribution in [3.8, 4) is 0 Å². The topological polar surface area (TPSA) is 85.6 Å². The van der Waals surface area contributed by atoms with E-state index >= 15 is 0 Å². The maximum absolute atomic E-state index is 11.8. The zero-order valence-corrected chi connectivity index (χ0v) is 12.5. The number of carbonyl (C=O) groups is 1. The normalized spacial score (nSPS) is 25.8. The van der Waals surface area contributed by atoms with Crippen LogP contribution >= 0.6 is 0 Å². The summed E-state index contributed by atoms with van der Waals surface area (Å²) in [6.07, 6.45) is 1.14. The molecule has 0 unspecified atom stereocenters. The smallest absolute Gasteiger partial charge is 0.221 e. The summed E-state index contributed by atoms with van der Waals surface area (Å²) in [6.45, 7) is 3.71. The molecule has 0 radical (unpaired) electrons. The van der Waals surface area contributed by atoms with Crippen molar-refractivity contribution in [2.24, 2.45) is 5.92 Å². The second kappa shape index (κ2) is 7.53. The first-order chi connectivity index (χ1) is 10.1. The second-order valence-corrected chi connectivity index (χ2v) is 5.31. The number of carbonyl (C=O) groups excluding carboxylic acids is 1. The minimum absolute atomic E-state index is 0.0587. The number of nitrogens with one attached hydrogen (secondary N) is 1. The van der Waals surface area contributed by atoms with Gasteiger partial charge in [-0.2, -0.15) is 5.10 Å². The van der Waals surface area contributed by atoms with Crippen LogP contribution in [0.25, 0.3) is 0 Å². The molecule has 1 saturated heterocycles. The van der Waals surface area contributed by atoms with Gasteiger partial charge in [-0.25, -0.2) is 0 Å². The quantitative estimate of drug-likeness (QED) is 0.754. The molecule has 3 atom stereocenters. The van der Waals surface area contributed by atoms with Crippen LogP contribution in [0.1, 0.15) is 12.1 Å². The largest absolute Gasteiger partial charge is 0.390 e. The van der Waals surface area contributed by atoms with E-state index in [9.17, 15) is 9.90 Å². The van der Waals surface area contributed by atoms with E-state index in [1.165, 1.54) is 0 Å². The predicted octanol–water partition coefficient (Wildman–Crippen LogP) is -0.280. The highest BCUT2D eigenvalue weighted by Crippen LogP contribution is 2.16. The van der Waals surface area contributed by atoms with Crippen molar-refractivity contribution < 1.29 is 19.4 Å². The average molecular weight is 297 g/mol. The molecule has 0 saturated carbocycles. The monoisotopic (exact) mass is 297 g/mol. The molecule has 7 nitrogen and oxygen atoms in total. The fourth-order valence-electron chi connectivity index (χ4n) is 2.40. The van der Waals surface area contributed by atoms with E-state index in [1.807, 2.05) is 13.0 Å². The minimum atomic E-state index is -0.614. The van der Waals surface area contributed by atoms with Crippen LogP contribution in [-0.4, -0.2) is 59.9 Å². The molecule has 2 N–H and O–H groups in total. The lowest BCUT2D eigenvalue weighted by atomic mass is 9.96. The Morgan fingerprint density at radius 2 is 2.43 bits per heavy atom. The highest BCUT2D eigenvalue weighted by molar-refractivity contribution is 5.75. The minimum Gasteiger partial charge on any atom is -0.390 e. The van der Waals surface area contributed by atoms with E-state index < -0.39 is 6.10 Å². The molecule has 1 aliphatic rings. The molecule has 1 aromatic heterocycles. The van der Waals surface area contributed by atoms with Gasteiger partial charge in [-0.1, -0.05) is 0 Å². The summed E-state index contributed by atoms with van der Waals surface area (Å²) in [4.78, 5) is 11.8. The van der Waals surface area contributed by atoms with E-state index in [2.05, 4.69) is 10.4 Å². The Hall–Kier alpha value is -1.44. The van der Waals surface area contributed by atoms with Crippen LogP contribution < -0.4 is 5.32 Å². The maximum atomic E-state index is 11.8. The van der Waals surface area contributed by atoms with E-state index in [1.54, 1.807) is 18.0 Å². The number of aliphatic hydroxyl groups is 1. The summed E-state index contributed by atoms with van der Waals surface area (Å²) in [6, 6.07) is 1.90. The number of amides is 1. The van der Waals surface area contributed by atoms with E-state index in [4.69, 9.17) is 9.47 Å². The van der Waals surface area contributed by atoms with Gasteiger partial charge < -0.3 is 19.9 Å². The molecule has 1 amide bonds. The summed E-state index contributed by atoms with van der Waals surface area (Å²) < 4.78 is 12.3. The SMILES string of the molecule is CO[C@@H]1COC[C@@H](CNC(=O)CCn2nccc2C)[C@@H]1O. The number of aliphatic hydroxyl groups excluding tert-OH is 1. The van der Waals surface area contributed by atoms with Crippen LogP contribution in [0, 0.1) is 12.8 Å². The van der Waals surface area contributed by atoms with Gasteiger partial charge in [-0.15, -0.1) is 0 Å². The Bertz CT molecular complexity index is 463. The zero-order valence-electron chi connectivity index (χ0n) is 12.5. The van der Waals surface area contributed by atoms with Crippen LogP contribution in [0.3, 0.4) is 0 Å². The maximum Gasteiger partial charge on any atom is 0.221 e. The highest BCUT2D eigenvalue weighted by atomic mass is 16.5. The molecular formula is C14H23N3O4. The molecule has 2 heterocycles. The molecule has 1 aromatic rings. The third-order valence-electron chi connectivity index (χ3n) is 3.82. The Morgan fingerprint density at radius 1 is 1.62 bits per heavy atom. The first kappa shape index (κ1) is 15.9. The molecule has 0 aliphatic carbocycles. The van der Waals surface area contributed by atoms with Crippen LogP contribution in [0.2, 0.25) is 0 Å². The van der Waals surface area contributed by atoms with E-state index in [0.717, 1.165) is 5.69 Å². The second-order valence-electron chi connectivity index (χ2n) is 5.31. The fourth-order valence-corrected chi connectivity index (χ4v) is 2.40. The number of aryl methyl sites for hydroxylation is 2.